The number of hydrogen-bond donors (Lipinski definition) is 1. The summed E-state index contributed by atoms with van der Waals surface area (Å²) in [7, 11) is -2.17. The van der Waals surface area contributed by atoms with Gasteiger partial charge in [-0.1, -0.05) is 32.1 Å². The molecule has 2 aliphatic rings. The van der Waals surface area contributed by atoms with Crippen LogP contribution in [0.2, 0.25) is 13.1 Å². The molecule has 0 amide bonds. The molecule has 0 saturated heterocycles. The first-order valence-corrected chi connectivity index (χ1v) is 10.5. The molecule has 0 spiro atoms. The van der Waals surface area contributed by atoms with E-state index in [4.69, 9.17) is 0 Å². The molecule has 0 radical (unpaired) electrons. The van der Waals surface area contributed by atoms with E-state index in [1.165, 1.54) is 41.5 Å². The summed E-state index contributed by atoms with van der Waals surface area (Å²) >= 11 is 0. The Kier molecular flexibility index (Phi) is 2.99. The minimum Gasteiger partial charge on any atom is -0.431 e. The topological polar surface area (TPSA) is 20.2 Å². The van der Waals surface area contributed by atoms with Crippen LogP contribution >= 0.6 is 0 Å². The molecule has 1 N–H and O–H groups in total. The highest BCUT2D eigenvalue weighted by Gasteiger charge is 2.37. The van der Waals surface area contributed by atoms with E-state index < -0.39 is 8.32 Å². The van der Waals surface area contributed by atoms with Gasteiger partial charge in [0.05, 0.1) is 0 Å². The van der Waals surface area contributed by atoms with E-state index in [0.717, 1.165) is 0 Å². The van der Waals surface area contributed by atoms with Gasteiger partial charge >= 0.3 is 0 Å². The van der Waals surface area contributed by atoms with Crippen molar-refractivity contribution in [3.8, 4) is 0 Å². The Balaban J connectivity index is 2.16. The van der Waals surface area contributed by atoms with Crippen LogP contribution in [0.1, 0.15) is 48.1 Å². The Bertz CT molecular complexity index is 549. The highest BCUT2D eigenvalue weighted by atomic mass is 28.4. The Hall–Kier alpha value is -0.863. The summed E-state index contributed by atoms with van der Waals surface area (Å²) in [6.07, 6.45) is 6.11. The van der Waals surface area contributed by atoms with Crippen LogP contribution in [0, 0.1) is 5.92 Å². The van der Waals surface area contributed by atoms with Crippen molar-refractivity contribution in [2.24, 2.45) is 5.92 Å². The second-order valence-corrected chi connectivity index (χ2v) is 10.9. The Morgan fingerprint density at radius 1 is 1.16 bits per heavy atom. The molecule has 1 nitrogen and oxygen atoms in total. The third-order valence-electron chi connectivity index (χ3n) is 4.64. The predicted octanol–water partition coefficient (Wildman–Crippen LogP) is 4.05. The summed E-state index contributed by atoms with van der Waals surface area (Å²) in [5.41, 5.74) is 7.64. The molecule has 0 heterocycles. The van der Waals surface area contributed by atoms with Crippen LogP contribution in [0.3, 0.4) is 0 Å². The molecular weight excluding hydrogens is 248 g/mol. The smallest absolute Gasteiger partial charge is 0.193 e. The zero-order valence-electron chi connectivity index (χ0n) is 12.5. The highest BCUT2D eigenvalue weighted by molar-refractivity contribution is 6.72. The van der Waals surface area contributed by atoms with Gasteiger partial charge in [-0.15, -0.1) is 0 Å². The molecule has 3 rings (SSSR count). The highest BCUT2D eigenvalue weighted by Crippen LogP contribution is 2.45. The monoisotopic (exact) mass is 272 g/mol. The van der Waals surface area contributed by atoms with Gasteiger partial charge in [0.25, 0.3) is 0 Å². The van der Waals surface area contributed by atoms with Crippen molar-refractivity contribution < 1.29 is 4.80 Å². The Morgan fingerprint density at radius 2 is 1.79 bits per heavy atom. The fourth-order valence-corrected chi connectivity index (χ4v) is 5.18. The van der Waals surface area contributed by atoms with Gasteiger partial charge in [-0.3, -0.25) is 0 Å². The van der Waals surface area contributed by atoms with Gasteiger partial charge in [0, 0.05) is 5.54 Å². The molecule has 0 fully saturated rings. The molecule has 0 saturated carbocycles. The standard InChI is InChI=1S/C17H24OSi/c1-11(2)14-10-17(19(3,4)18)16-9-13-7-5-6-12(13)8-15(14)16/h8-11,17-18H,5-7H2,1-4H3. The molecule has 1 aromatic rings. The maximum Gasteiger partial charge on any atom is 0.193 e. The maximum atomic E-state index is 10.6. The molecule has 19 heavy (non-hydrogen) atoms. The van der Waals surface area contributed by atoms with Gasteiger partial charge in [-0.25, -0.2) is 0 Å². The number of rotatable bonds is 2. The van der Waals surface area contributed by atoms with Gasteiger partial charge in [0.2, 0.25) is 0 Å². The first kappa shape index (κ1) is 13.1. The van der Waals surface area contributed by atoms with Gasteiger partial charge in [0.1, 0.15) is 0 Å². The first-order chi connectivity index (χ1) is 8.88. The number of benzene rings is 1. The summed E-state index contributed by atoms with van der Waals surface area (Å²) in [6, 6.07) is 4.82. The second kappa shape index (κ2) is 4.32. The molecule has 2 heteroatoms. The van der Waals surface area contributed by atoms with Crippen LogP contribution in [0.4, 0.5) is 0 Å². The minimum absolute atomic E-state index is 0.283. The van der Waals surface area contributed by atoms with E-state index in [0.29, 0.717) is 5.92 Å². The van der Waals surface area contributed by atoms with Crippen LogP contribution in [-0.2, 0) is 12.8 Å². The lowest BCUT2D eigenvalue weighted by Crippen LogP contribution is -2.33. The fourth-order valence-electron chi connectivity index (χ4n) is 3.60. The minimum atomic E-state index is -2.17. The molecule has 0 bridgehead atoms. The second-order valence-electron chi connectivity index (χ2n) is 6.97. The average Bonchev–Trinajstić information content (AvgIpc) is 2.86. The molecule has 1 atom stereocenters. The van der Waals surface area contributed by atoms with E-state index in [-0.39, 0.29) is 5.54 Å². The molecule has 1 aromatic carbocycles. The molecule has 1 unspecified atom stereocenters. The van der Waals surface area contributed by atoms with Crippen LogP contribution in [0.5, 0.6) is 0 Å². The lowest BCUT2D eigenvalue weighted by molar-refractivity contribution is 0.540. The van der Waals surface area contributed by atoms with Crippen molar-refractivity contribution in [3.05, 3.63) is 40.5 Å². The quantitative estimate of drug-likeness (QED) is 0.805. The van der Waals surface area contributed by atoms with Gasteiger partial charge in [-0.05, 0) is 66.1 Å². The molecule has 0 aliphatic heterocycles. The Labute approximate surface area is 117 Å². The van der Waals surface area contributed by atoms with E-state index in [2.05, 4.69) is 45.2 Å². The lowest BCUT2D eigenvalue weighted by atomic mass is 9.94. The summed E-state index contributed by atoms with van der Waals surface area (Å²) in [6.45, 7) is 8.65. The molecular formula is C17H24OSi. The third-order valence-corrected chi connectivity index (χ3v) is 6.64. The van der Waals surface area contributed by atoms with E-state index in [9.17, 15) is 4.80 Å². The van der Waals surface area contributed by atoms with Gasteiger partial charge in [-0.2, -0.15) is 0 Å². The van der Waals surface area contributed by atoms with Crippen molar-refractivity contribution in [1.29, 1.82) is 0 Å². The van der Waals surface area contributed by atoms with E-state index in [1.807, 2.05) is 0 Å². The first-order valence-electron chi connectivity index (χ1n) is 7.48. The summed E-state index contributed by atoms with van der Waals surface area (Å²) in [5.74, 6) is 0.541. The van der Waals surface area contributed by atoms with Crippen LogP contribution in [0.15, 0.2) is 18.2 Å². The van der Waals surface area contributed by atoms with Crippen molar-refractivity contribution in [2.45, 2.75) is 51.7 Å². The largest absolute Gasteiger partial charge is 0.431 e. The Morgan fingerprint density at radius 3 is 2.37 bits per heavy atom. The van der Waals surface area contributed by atoms with Gasteiger partial charge in [0.15, 0.2) is 8.32 Å². The van der Waals surface area contributed by atoms with E-state index >= 15 is 0 Å². The maximum absolute atomic E-state index is 10.6. The fraction of sp³-hybridized carbons (Fsp3) is 0.529. The molecule has 2 aliphatic carbocycles. The summed E-state index contributed by atoms with van der Waals surface area (Å²) < 4.78 is 0. The summed E-state index contributed by atoms with van der Waals surface area (Å²) in [4.78, 5) is 10.6. The van der Waals surface area contributed by atoms with Crippen molar-refractivity contribution in [1.82, 2.24) is 0 Å². The summed E-state index contributed by atoms with van der Waals surface area (Å²) in [5, 5.41) is 0. The third kappa shape index (κ3) is 2.11. The van der Waals surface area contributed by atoms with Crippen LogP contribution < -0.4 is 0 Å². The lowest BCUT2D eigenvalue weighted by Gasteiger charge is -2.23. The average molecular weight is 272 g/mol. The van der Waals surface area contributed by atoms with Crippen LogP contribution in [-0.4, -0.2) is 13.1 Å². The number of fused-ring (bicyclic) bond motifs is 2. The van der Waals surface area contributed by atoms with Crippen molar-refractivity contribution >= 4 is 13.9 Å². The number of hydrogen-bond acceptors (Lipinski definition) is 1. The van der Waals surface area contributed by atoms with Crippen molar-refractivity contribution in [2.75, 3.05) is 0 Å². The van der Waals surface area contributed by atoms with E-state index in [1.54, 1.807) is 5.56 Å². The molecule has 102 valence electrons. The molecule has 0 aromatic heterocycles. The SMILES string of the molecule is CC(C)C1=CC([Si](C)(C)O)c2cc3c(cc21)CCC3. The van der Waals surface area contributed by atoms with Gasteiger partial charge < -0.3 is 4.80 Å². The van der Waals surface area contributed by atoms with Crippen LogP contribution in [0.25, 0.3) is 5.57 Å². The number of aryl methyl sites for hydroxylation is 2. The zero-order chi connectivity index (χ0) is 13.8. The zero-order valence-corrected chi connectivity index (χ0v) is 13.5. The number of allylic oxidation sites excluding steroid dienone is 2. The normalized spacial score (nSPS) is 21.6. The predicted molar refractivity (Wildman–Crippen MR) is 83.7 cm³/mol. The van der Waals surface area contributed by atoms with Crippen molar-refractivity contribution in [3.63, 3.8) is 0 Å².